The summed E-state index contributed by atoms with van der Waals surface area (Å²) >= 11 is 5.90. The number of likely N-dealkylation sites (N-methyl/N-ethyl adjacent to an activating group) is 1. The van der Waals surface area contributed by atoms with E-state index in [4.69, 9.17) is 11.6 Å². The Kier molecular flexibility index (Phi) is 3.28. The Morgan fingerprint density at radius 3 is 2.55 bits per heavy atom. The maximum Gasteiger partial charge on any atom is 0.153 e. The summed E-state index contributed by atoms with van der Waals surface area (Å²) in [5.74, 6) is 0. The van der Waals surface area contributed by atoms with Crippen molar-refractivity contribution in [1.29, 1.82) is 0 Å². The molecule has 3 rings (SSSR count). The lowest BCUT2D eigenvalue weighted by Crippen LogP contribution is -2.26. The van der Waals surface area contributed by atoms with E-state index in [-0.39, 0.29) is 0 Å². The Bertz CT molecular complexity index is 676. The van der Waals surface area contributed by atoms with Gasteiger partial charge in [-0.05, 0) is 42.8 Å². The average molecular weight is 286 g/mol. The first-order chi connectivity index (χ1) is 9.56. The van der Waals surface area contributed by atoms with Gasteiger partial charge in [0.1, 0.15) is 0 Å². The molecule has 1 aliphatic heterocycles. The molecule has 1 N–H and O–H groups in total. The SMILES string of the molecule is Cc1ccc2c(c1)/C(=C/c1ccc(Cl)cc1)C(O)N2C. The minimum absolute atomic E-state index is 0.609. The summed E-state index contributed by atoms with van der Waals surface area (Å²) in [6.45, 7) is 2.06. The zero-order valence-electron chi connectivity index (χ0n) is 11.5. The molecule has 0 radical (unpaired) electrons. The van der Waals surface area contributed by atoms with Gasteiger partial charge in [-0.25, -0.2) is 0 Å². The van der Waals surface area contributed by atoms with Gasteiger partial charge in [0.25, 0.3) is 0 Å². The molecule has 0 spiro atoms. The fourth-order valence-corrected chi connectivity index (χ4v) is 2.68. The molecule has 0 saturated heterocycles. The third kappa shape index (κ3) is 2.21. The van der Waals surface area contributed by atoms with Crippen LogP contribution in [0, 0.1) is 6.92 Å². The van der Waals surface area contributed by atoms with Gasteiger partial charge in [-0.1, -0.05) is 35.4 Å². The number of anilines is 1. The lowest BCUT2D eigenvalue weighted by Gasteiger charge is -2.17. The van der Waals surface area contributed by atoms with Crippen molar-refractivity contribution in [3.63, 3.8) is 0 Å². The molecule has 20 heavy (non-hydrogen) atoms. The summed E-state index contributed by atoms with van der Waals surface area (Å²) in [5.41, 5.74) is 5.30. The average Bonchev–Trinajstić information content (AvgIpc) is 2.66. The van der Waals surface area contributed by atoms with Gasteiger partial charge in [-0.15, -0.1) is 0 Å². The highest BCUT2D eigenvalue weighted by Gasteiger charge is 2.29. The number of aryl methyl sites for hydroxylation is 1. The monoisotopic (exact) mass is 285 g/mol. The molecule has 0 fully saturated rings. The number of nitrogens with zero attached hydrogens (tertiary/aromatic N) is 1. The number of rotatable bonds is 1. The van der Waals surface area contributed by atoms with Crippen molar-refractivity contribution in [3.05, 3.63) is 64.2 Å². The van der Waals surface area contributed by atoms with E-state index in [0.717, 1.165) is 22.4 Å². The maximum atomic E-state index is 10.4. The standard InChI is InChI=1S/C17H16ClNO/c1-11-3-8-16-14(9-11)15(17(20)19(16)2)10-12-4-6-13(18)7-5-12/h3-10,17,20H,1-2H3/b15-10-. The second-order valence-electron chi connectivity index (χ2n) is 5.16. The van der Waals surface area contributed by atoms with E-state index in [9.17, 15) is 5.11 Å². The highest BCUT2D eigenvalue weighted by atomic mass is 35.5. The van der Waals surface area contributed by atoms with Crippen molar-refractivity contribution in [2.75, 3.05) is 11.9 Å². The van der Waals surface area contributed by atoms with Crippen molar-refractivity contribution >= 4 is 28.9 Å². The smallest absolute Gasteiger partial charge is 0.153 e. The van der Waals surface area contributed by atoms with E-state index in [0.29, 0.717) is 5.02 Å². The zero-order chi connectivity index (χ0) is 14.3. The first kappa shape index (κ1) is 13.2. The normalized spacial score (nSPS) is 19.5. The van der Waals surface area contributed by atoms with Crippen molar-refractivity contribution < 1.29 is 5.11 Å². The summed E-state index contributed by atoms with van der Waals surface area (Å²) in [6, 6.07) is 13.9. The van der Waals surface area contributed by atoms with Crippen LogP contribution in [0.1, 0.15) is 16.7 Å². The predicted molar refractivity (Wildman–Crippen MR) is 84.9 cm³/mol. The van der Waals surface area contributed by atoms with Crippen LogP contribution in [-0.2, 0) is 0 Å². The van der Waals surface area contributed by atoms with E-state index in [1.807, 2.05) is 42.3 Å². The van der Waals surface area contributed by atoms with E-state index < -0.39 is 6.23 Å². The number of benzene rings is 2. The molecule has 0 bridgehead atoms. The molecule has 0 saturated carbocycles. The molecule has 1 heterocycles. The van der Waals surface area contributed by atoms with E-state index in [1.54, 1.807) is 0 Å². The van der Waals surface area contributed by atoms with Crippen LogP contribution >= 0.6 is 11.6 Å². The quantitative estimate of drug-likeness (QED) is 0.857. The van der Waals surface area contributed by atoms with E-state index in [2.05, 4.69) is 25.1 Å². The van der Waals surface area contributed by atoms with E-state index in [1.165, 1.54) is 5.56 Å². The summed E-state index contributed by atoms with van der Waals surface area (Å²) in [7, 11) is 1.90. The topological polar surface area (TPSA) is 23.5 Å². The highest BCUT2D eigenvalue weighted by molar-refractivity contribution is 6.30. The number of aliphatic hydroxyl groups excluding tert-OH is 1. The molecule has 2 aromatic carbocycles. The molecule has 102 valence electrons. The number of aliphatic hydroxyl groups is 1. The summed E-state index contributed by atoms with van der Waals surface area (Å²) in [6.07, 6.45) is 1.41. The summed E-state index contributed by atoms with van der Waals surface area (Å²) < 4.78 is 0. The molecule has 2 nitrogen and oxygen atoms in total. The van der Waals surface area contributed by atoms with Crippen molar-refractivity contribution in [2.24, 2.45) is 0 Å². The predicted octanol–water partition coefficient (Wildman–Crippen LogP) is 3.96. The molecule has 3 heteroatoms. The third-order valence-corrected chi connectivity index (χ3v) is 3.93. The molecule has 1 atom stereocenters. The van der Waals surface area contributed by atoms with Crippen LogP contribution in [0.25, 0.3) is 11.6 Å². The second kappa shape index (κ2) is 4.97. The number of hydrogen-bond acceptors (Lipinski definition) is 2. The van der Waals surface area contributed by atoms with Gasteiger partial charge in [-0.3, -0.25) is 0 Å². The van der Waals surface area contributed by atoms with Crippen molar-refractivity contribution in [3.8, 4) is 0 Å². The van der Waals surface area contributed by atoms with Crippen LogP contribution in [0.3, 0.4) is 0 Å². The van der Waals surface area contributed by atoms with Crippen molar-refractivity contribution in [1.82, 2.24) is 0 Å². The van der Waals surface area contributed by atoms with Gasteiger partial charge in [0.05, 0.1) is 0 Å². The Hall–Kier alpha value is -1.77. The molecular weight excluding hydrogens is 270 g/mol. The van der Waals surface area contributed by atoms with Crippen molar-refractivity contribution in [2.45, 2.75) is 13.2 Å². The largest absolute Gasteiger partial charge is 0.369 e. The number of halogens is 1. The van der Waals surface area contributed by atoms with Crippen LogP contribution in [0.15, 0.2) is 42.5 Å². The minimum atomic E-state index is -0.609. The lowest BCUT2D eigenvalue weighted by atomic mass is 10.0. The summed E-state index contributed by atoms with van der Waals surface area (Å²) in [4.78, 5) is 1.89. The van der Waals surface area contributed by atoms with Gasteiger partial charge in [-0.2, -0.15) is 0 Å². The lowest BCUT2D eigenvalue weighted by molar-refractivity contribution is 0.238. The van der Waals surface area contributed by atoms with Gasteiger partial charge in [0.15, 0.2) is 6.23 Å². The Morgan fingerprint density at radius 1 is 1.15 bits per heavy atom. The fraction of sp³-hybridized carbons (Fsp3) is 0.176. The molecule has 2 aromatic rings. The number of fused-ring (bicyclic) bond motifs is 1. The van der Waals surface area contributed by atoms with Gasteiger partial charge in [0.2, 0.25) is 0 Å². The Labute approximate surface area is 123 Å². The second-order valence-corrected chi connectivity index (χ2v) is 5.59. The van der Waals surface area contributed by atoms with Crippen LogP contribution in [0.4, 0.5) is 5.69 Å². The maximum absolute atomic E-state index is 10.4. The van der Waals surface area contributed by atoms with E-state index >= 15 is 0 Å². The Balaban J connectivity index is 2.10. The molecule has 0 amide bonds. The minimum Gasteiger partial charge on any atom is -0.369 e. The first-order valence-electron chi connectivity index (χ1n) is 6.55. The fourth-order valence-electron chi connectivity index (χ4n) is 2.56. The first-order valence-corrected chi connectivity index (χ1v) is 6.93. The van der Waals surface area contributed by atoms with Crippen LogP contribution in [0.2, 0.25) is 5.02 Å². The number of hydrogen-bond donors (Lipinski definition) is 1. The van der Waals surface area contributed by atoms with Crippen LogP contribution in [0.5, 0.6) is 0 Å². The molecular formula is C17H16ClNO. The third-order valence-electron chi connectivity index (χ3n) is 3.68. The molecule has 0 aliphatic carbocycles. The molecule has 1 aliphatic rings. The van der Waals surface area contributed by atoms with Crippen LogP contribution < -0.4 is 4.90 Å². The van der Waals surface area contributed by atoms with Gasteiger partial charge >= 0.3 is 0 Å². The molecule has 0 aromatic heterocycles. The highest BCUT2D eigenvalue weighted by Crippen LogP contribution is 2.39. The zero-order valence-corrected chi connectivity index (χ0v) is 12.2. The summed E-state index contributed by atoms with van der Waals surface area (Å²) in [5, 5.41) is 11.1. The van der Waals surface area contributed by atoms with Gasteiger partial charge < -0.3 is 10.0 Å². The molecule has 1 unspecified atom stereocenters. The van der Waals surface area contributed by atoms with Crippen LogP contribution in [-0.4, -0.2) is 18.4 Å². The van der Waals surface area contributed by atoms with Gasteiger partial charge in [0, 0.05) is 28.9 Å². The Morgan fingerprint density at radius 2 is 1.85 bits per heavy atom.